The third-order valence-electron chi connectivity index (χ3n) is 4.61. The van der Waals surface area contributed by atoms with Gasteiger partial charge in [-0.05, 0) is 53.4 Å². The molecule has 0 amide bonds. The van der Waals surface area contributed by atoms with Crippen molar-refractivity contribution in [2.45, 2.75) is 25.9 Å². The molecule has 3 rings (SSSR count). The lowest BCUT2D eigenvalue weighted by atomic mass is 9.90. The topological polar surface area (TPSA) is 59.3 Å². The second-order valence-electron chi connectivity index (χ2n) is 7.19. The van der Waals surface area contributed by atoms with E-state index < -0.39 is 6.10 Å². The fourth-order valence-corrected chi connectivity index (χ4v) is 3.06. The number of rotatable bonds is 7. The summed E-state index contributed by atoms with van der Waals surface area (Å²) in [4.78, 5) is 10.8. The van der Waals surface area contributed by atoms with Crippen molar-refractivity contribution < 1.29 is 14.3 Å². The largest absolute Gasteiger partial charge is 0.457 e. The Hall–Kier alpha value is -3.13. The number of benzene rings is 3. The van der Waals surface area contributed by atoms with Gasteiger partial charge in [-0.1, -0.05) is 67.9 Å². The van der Waals surface area contributed by atoms with Crippen LogP contribution in [0.25, 0.3) is 0 Å². The normalized spacial score (nSPS) is 12.1. The first-order valence-corrected chi connectivity index (χ1v) is 10.3. The fourth-order valence-electron chi connectivity index (χ4n) is 2.93. The molecular formula is C26H26ClNO3. The van der Waals surface area contributed by atoms with Crippen LogP contribution in [0.3, 0.4) is 0 Å². The number of carbonyl (C=O) groups excluding carboxylic acids is 1. The van der Waals surface area contributed by atoms with Gasteiger partial charge in [0.05, 0.1) is 6.07 Å². The summed E-state index contributed by atoms with van der Waals surface area (Å²) in [5.41, 5.74) is 1.82. The zero-order chi connectivity index (χ0) is 22.6. The Labute approximate surface area is 189 Å². The van der Waals surface area contributed by atoms with Crippen LogP contribution in [0.15, 0.2) is 78.9 Å². The number of methoxy groups -OCH3 is 1. The van der Waals surface area contributed by atoms with Gasteiger partial charge in [0, 0.05) is 18.1 Å². The van der Waals surface area contributed by atoms with Crippen LogP contribution in [-0.4, -0.2) is 13.4 Å². The highest BCUT2D eigenvalue weighted by molar-refractivity contribution is 6.30. The molecule has 0 fully saturated rings. The Bertz CT molecular complexity index is 982. The average Bonchev–Trinajstić information content (AvgIpc) is 2.78. The van der Waals surface area contributed by atoms with Crippen molar-refractivity contribution in [2.24, 2.45) is 5.92 Å². The molecule has 0 aromatic heterocycles. The van der Waals surface area contributed by atoms with Crippen LogP contribution in [0.4, 0.5) is 0 Å². The van der Waals surface area contributed by atoms with Crippen molar-refractivity contribution >= 4 is 17.9 Å². The molecule has 160 valence electrons. The zero-order valence-corrected chi connectivity index (χ0v) is 18.6. The minimum Gasteiger partial charge on any atom is -0.457 e. The van der Waals surface area contributed by atoms with Gasteiger partial charge >= 0.3 is 0 Å². The maximum Gasteiger partial charge on any atom is 0.168 e. The summed E-state index contributed by atoms with van der Waals surface area (Å²) >= 11 is 5.75. The number of nitrogens with zero attached hydrogens (tertiary/aromatic N) is 1. The molecule has 3 aromatic carbocycles. The Kier molecular flexibility index (Phi) is 9.77. The van der Waals surface area contributed by atoms with Gasteiger partial charge in [-0.2, -0.15) is 5.26 Å². The molecule has 2 unspecified atom stereocenters. The van der Waals surface area contributed by atoms with E-state index in [1.54, 1.807) is 0 Å². The maximum atomic E-state index is 10.8. The summed E-state index contributed by atoms with van der Waals surface area (Å²) in [5, 5.41) is 9.65. The summed E-state index contributed by atoms with van der Waals surface area (Å²) < 4.78 is 10.8. The molecule has 31 heavy (non-hydrogen) atoms. The first kappa shape index (κ1) is 24.1. The van der Waals surface area contributed by atoms with E-state index in [4.69, 9.17) is 26.3 Å². The van der Waals surface area contributed by atoms with Gasteiger partial charge in [-0.15, -0.1) is 0 Å². The van der Waals surface area contributed by atoms with Crippen molar-refractivity contribution in [3.63, 3.8) is 0 Å². The summed E-state index contributed by atoms with van der Waals surface area (Å²) in [5.74, 6) is 1.77. The molecule has 0 radical (unpaired) electrons. The van der Waals surface area contributed by atoms with E-state index in [-0.39, 0.29) is 5.92 Å². The Morgan fingerprint density at radius 1 is 0.903 bits per heavy atom. The van der Waals surface area contributed by atoms with Crippen molar-refractivity contribution in [1.29, 1.82) is 5.26 Å². The molecule has 3 aromatic rings. The van der Waals surface area contributed by atoms with Crippen molar-refractivity contribution in [2.75, 3.05) is 7.11 Å². The predicted octanol–water partition coefficient (Wildman–Crippen LogP) is 6.97. The van der Waals surface area contributed by atoms with Gasteiger partial charge in [0.25, 0.3) is 0 Å². The van der Waals surface area contributed by atoms with Crippen LogP contribution in [0.2, 0.25) is 5.02 Å². The first-order valence-electron chi connectivity index (χ1n) is 9.94. The van der Waals surface area contributed by atoms with E-state index in [0.717, 1.165) is 23.2 Å². The van der Waals surface area contributed by atoms with Crippen LogP contribution in [0.1, 0.15) is 37.0 Å². The van der Waals surface area contributed by atoms with E-state index >= 15 is 0 Å². The summed E-state index contributed by atoms with van der Waals surface area (Å²) in [6, 6.07) is 26.4. The number of hydrogen-bond donors (Lipinski definition) is 0. The van der Waals surface area contributed by atoms with Crippen LogP contribution in [0.5, 0.6) is 11.5 Å². The number of ether oxygens (including phenoxy) is 2. The minimum absolute atomic E-state index is 0.0164. The Balaban J connectivity index is 0.000000233. The van der Waals surface area contributed by atoms with E-state index in [9.17, 15) is 4.79 Å². The first-order chi connectivity index (χ1) is 15.0. The molecule has 0 spiro atoms. The quantitative estimate of drug-likeness (QED) is 0.376. The molecule has 0 aliphatic heterocycles. The second-order valence-corrected chi connectivity index (χ2v) is 7.63. The summed E-state index contributed by atoms with van der Waals surface area (Å²) in [7, 11) is 1.51. The molecule has 0 N–H and O–H groups in total. The highest BCUT2D eigenvalue weighted by atomic mass is 35.5. The number of carbonyl (C=O) groups is 1. The van der Waals surface area contributed by atoms with Crippen LogP contribution in [0, 0.1) is 17.2 Å². The SMILES string of the molecule is CC(C)C(C=O)c1ccc(Cl)cc1.COC(C#N)c1cccc(Oc2ccccc2)c1. The molecular weight excluding hydrogens is 410 g/mol. The van der Waals surface area contributed by atoms with Crippen LogP contribution >= 0.6 is 11.6 Å². The smallest absolute Gasteiger partial charge is 0.168 e. The lowest BCUT2D eigenvalue weighted by Gasteiger charge is -2.14. The van der Waals surface area contributed by atoms with Gasteiger partial charge in [-0.3, -0.25) is 0 Å². The zero-order valence-electron chi connectivity index (χ0n) is 17.9. The van der Waals surface area contributed by atoms with Gasteiger partial charge < -0.3 is 14.3 Å². The minimum atomic E-state index is -0.565. The van der Waals surface area contributed by atoms with Gasteiger partial charge in [0.15, 0.2) is 6.10 Å². The highest BCUT2D eigenvalue weighted by Crippen LogP contribution is 2.25. The van der Waals surface area contributed by atoms with Gasteiger partial charge in [0.1, 0.15) is 17.8 Å². The standard InChI is InChI=1S/C15H13NO2.C11H13ClO/c1-17-15(11-16)12-6-5-9-14(10-12)18-13-7-3-2-4-8-13;1-8(2)11(7-13)9-3-5-10(12)6-4-9/h2-10,15H,1H3;3-8,11H,1-2H3. The molecule has 0 bridgehead atoms. The number of hydrogen-bond acceptors (Lipinski definition) is 4. The average molecular weight is 436 g/mol. The fraction of sp³-hybridized carbons (Fsp3) is 0.231. The van der Waals surface area contributed by atoms with E-state index in [1.807, 2.05) is 92.7 Å². The third-order valence-corrected chi connectivity index (χ3v) is 4.86. The molecule has 0 saturated heterocycles. The van der Waals surface area contributed by atoms with E-state index in [1.165, 1.54) is 7.11 Å². The molecule has 4 nitrogen and oxygen atoms in total. The molecule has 0 aliphatic rings. The summed E-state index contributed by atoms with van der Waals surface area (Å²) in [6.07, 6.45) is 0.429. The van der Waals surface area contributed by atoms with Crippen molar-refractivity contribution in [3.8, 4) is 17.6 Å². The monoisotopic (exact) mass is 435 g/mol. The molecule has 0 saturated carbocycles. The Morgan fingerprint density at radius 2 is 1.55 bits per heavy atom. The number of nitriles is 1. The van der Waals surface area contributed by atoms with E-state index in [2.05, 4.69) is 6.07 Å². The lowest BCUT2D eigenvalue weighted by Crippen LogP contribution is -2.07. The molecule has 0 aliphatic carbocycles. The molecule has 2 atom stereocenters. The van der Waals surface area contributed by atoms with Crippen LogP contribution < -0.4 is 4.74 Å². The molecule has 0 heterocycles. The summed E-state index contributed by atoms with van der Waals surface area (Å²) in [6.45, 7) is 4.07. The highest BCUT2D eigenvalue weighted by Gasteiger charge is 2.14. The predicted molar refractivity (Wildman–Crippen MR) is 123 cm³/mol. The molecule has 5 heteroatoms. The number of halogens is 1. The van der Waals surface area contributed by atoms with Crippen molar-refractivity contribution in [1.82, 2.24) is 0 Å². The number of aldehydes is 1. The van der Waals surface area contributed by atoms with Gasteiger partial charge in [0.2, 0.25) is 0 Å². The lowest BCUT2D eigenvalue weighted by molar-refractivity contribution is -0.109. The maximum absolute atomic E-state index is 10.8. The third kappa shape index (κ3) is 7.57. The Morgan fingerprint density at radius 3 is 2.10 bits per heavy atom. The van der Waals surface area contributed by atoms with Gasteiger partial charge in [-0.25, -0.2) is 0 Å². The second kappa shape index (κ2) is 12.5. The van der Waals surface area contributed by atoms with Crippen LogP contribution in [-0.2, 0) is 9.53 Å². The van der Waals surface area contributed by atoms with Crippen molar-refractivity contribution in [3.05, 3.63) is 95.0 Å². The van der Waals surface area contributed by atoms with E-state index in [0.29, 0.717) is 16.7 Å². The number of para-hydroxylation sites is 1.